The van der Waals surface area contributed by atoms with Crippen molar-refractivity contribution in [2.24, 2.45) is 11.7 Å². The summed E-state index contributed by atoms with van der Waals surface area (Å²) in [5, 5.41) is 2.66. The van der Waals surface area contributed by atoms with Crippen LogP contribution in [0.5, 0.6) is 0 Å². The van der Waals surface area contributed by atoms with E-state index in [0.717, 1.165) is 25.0 Å². The van der Waals surface area contributed by atoms with Crippen LogP contribution in [0, 0.1) is 17.6 Å². The van der Waals surface area contributed by atoms with Gasteiger partial charge in [0.2, 0.25) is 0 Å². The maximum Gasteiger partial charge on any atom is 0.257 e. The molecule has 1 aromatic carbocycles. The van der Waals surface area contributed by atoms with Gasteiger partial charge in [-0.05, 0) is 37.8 Å². The minimum Gasteiger partial charge on any atom is -0.345 e. The Morgan fingerprint density at radius 1 is 1.44 bits per heavy atom. The van der Waals surface area contributed by atoms with Crippen molar-refractivity contribution in [3.05, 3.63) is 35.4 Å². The van der Waals surface area contributed by atoms with Crippen LogP contribution in [-0.2, 0) is 0 Å². The Balaban J connectivity index is 2.21. The second kappa shape index (κ2) is 4.65. The minimum absolute atomic E-state index is 0.249. The molecule has 0 aliphatic heterocycles. The zero-order valence-electron chi connectivity index (χ0n) is 10.2. The van der Waals surface area contributed by atoms with Crippen molar-refractivity contribution in [1.82, 2.24) is 5.32 Å². The molecule has 5 heteroatoms. The van der Waals surface area contributed by atoms with Gasteiger partial charge in [-0.25, -0.2) is 8.78 Å². The van der Waals surface area contributed by atoms with Gasteiger partial charge in [-0.15, -0.1) is 0 Å². The number of rotatable bonds is 4. The molecule has 0 saturated heterocycles. The molecule has 18 heavy (non-hydrogen) atoms. The fourth-order valence-electron chi connectivity index (χ4n) is 2.08. The molecule has 1 fully saturated rings. The van der Waals surface area contributed by atoms with Gasteiger partial charge in [-0.3, -0.25) is 4.79 Å². The van der Waals surface area contributed by atoms with E-state index < -0.39 is 28.6 Å². The summed E-state index contributed by atoms with van der Waals surface area (Å²) in [5.41, 5.74) is 4.51. The Morgan fingerprint density at radius 2 is 2.00 bits per heavy atom. The van der Waals surface area contributed by atoms with Crippen LogP contribution in [-0.4, -0.2) is 18.0 Å². The van der Waals surface area contributed by atoms with Gasteiger partial charge in [-0.2, -0.15) is 0 Å². The second-order valence-corrected chi connectivity index (χ2v) is 4.95. The van der Waals surface area contributed by atoms with Crippen molar-refractivity contribution in [3.63, 3.8) is 0 Å². The molecule has 1 aromatic rings. The highest BCUT2D eigenvalue weighted by atomic mass is 19.1. The number of halogens is 2. The zero-order valence-corrected chi connectivity index (χ0v) is 10.2. The van der Waals surface area contributed by atoms with E-state index in [2.05, 4.69) is 5.32 Å². The number of nitrogens with two attached hydrogens (primary N) is 1. The first kappa shape index (κ1) is 13.0. The quantitative estimate of drug-likeness (QED) is 0.861. The van der Waals surface area contributed by atoms with Crippen molar-refractivity contribution in [2.45, 2.75) is 25.3 Å². The van der Waals surface area contributed by atoms with Crippen molar-refractivity contribution in [1.29, 1.82) is 0 Å². The standard InChI is InChI=1S/C13H16F2N2O/c1-13(7-16,8-5-6-8)17-12(18)11-9(14)3-2-4-10(11)15/h2-4,8H,5-7,16H2,1H3,(H,17,18). The first-order chi connectivity index (χ1) is 8.48. The number of carbonyl (C=O) groups is 1. The van der Waals surface area contributed by atoms with Crippen LogP contribution >= 0.6 is 0 Å². The summed E-state index contributed by atoms with van der Waals surface area (Å²) in [6.45, 7) is 2.06. The molecule has 0 spiro atoms. The number of carbonyl (C=O) groups excluding carboxylic acids is 1. The van der Waals surface area contributed by atoms with Crippen LogP contribution in [0.15, 0.2) is 18.2 Å². The van der Waals surface area contributed by atoms with Crippen LogP contribution in [0.2, 0.25) is 0 Å². The molecule has 1 amide bonds. The molecule has 0 radical (unpaired) electrons. The molecule has 1 atom stereocenters. The third kappa shape index (κ3) is 2.36. The van der Waals surface area contributed by atoms with Gasteiger partial charge in [0.05, 0.1) is 5.54 Å². The van der Waals surface area contributed by atoms with Gasteiger partial charge in [-0.1, -0.05) is 6.07 Å². The third-order valence-corrected chi connectivity index (χ3v) is 3.49. The Morgan fingerprint density at radius 3 is 2.44 bits per heavy atom. The summed E-state index contributed by atoms with van der Waals surface area (Å²) in [4.78, 5) is 11.9. The smallest absolute Gasteiger partial charge is 0.257 e. The molecular formula is C13H16F2N2O. The van der Waals surface area contributed by atoms with Crippen LogP contribution in [0.25, 0.3) is 0 Å². The fraction of sp³-hybridized carbons (Fsp3) is 0.462. The molecule has 0 aromatic heterocycles. The van der Waals surface area contributed by atoms with Gasteiger partial charge >= 0.3 is 0 Å². The number of hydrogen-bond donors (Lipinski definition) is 2. The maximum absolute atomic E-state index is 13.5. The number of amides is 1. The first-order valence-electron chi connectivity index (χ1n) is 5.94. The van der Waals surface area contributed by atoms with Crippen molar-refractivity contribution in [2.75, 3.05) is 6.54 Å². The summed E-state index contributed by atoms with van der Waals surface area (Å²) >= 11 is 0. The van der Waals surface area contributed by atoms with E-state index in [1.54, 1.807) is 6.92 Å². The molecule has 1 saturated carbocycles. The lowest BCUT2D eigenvalue weighted by atomic mass is 9.95. The van der Waals surface area contributed by atoms with Crippen LogP contribution in [0.1, 0.15) is 30.1 Å². The molecule has 98 valence electrons. The molecule has 1 aliphatic rings. The van der Waals surface area contributed by atoms with Gasteiger partial charge in [0, 0.05) is 6.54 Å². The SMILES string of the molecule is CC(CN)(NC(=O)c1c(F)cccc1F)C1CC1. The molecule has 0 heterocycles. The fourth-order valence-corrected chi connectivity index (χ4v) is 2.08. The Labute approximate surface area is 104 Å². The van der Waals surface area contributed by atoms with Crippen LogP contribution in [0.3, 0.4) is 0 Å². The van der Waals surface area contributed by atoms with Crippen molar-refractivity contribution in [3.8, 4) is 0 Å². The molecule has 1 unspecified atom stereocenters. The van der Waals surface area contributed by atoms with Gasteiger partial charge < -0.3 is 11.1 Å². The molecule has 3 N–H and O–H groups in total. The predicted octanol–water partition coefficient (Wildman–Crippen LogP) is 1.82. The maximum atomic E-state index is 13.5. The van der Waals surface area contributed by atoms with E-state index >= 15 is 0 Å². The molecular weight excluding hydrogens is 238 g/mol. The lowest BCUT2D eigenvalue weighted by Gasteiger charge is -2.29. The van der Waals surface area contributed by atoms with E-state index in [-0.39, 0.29) is 6.54 Å². The summed E-state index contributed by atoms with van der Waals surface area (Å²) in [7, 11) is 0. The largest absolute Gasteiger partial charge is 0.345 e. The van der Waals surface area contributed by atoms with Crippen LogP contribution in [0.4, 0.5) is 8.78 Å². The monoisotopic (exact) mass is 254 g/mol. The number of benzene rings is 1. The van der Waals surface area contributed by atoms with Crippen molar-refractivity contribution >= 4 is 5.91 Å². The highest BCUT2D eigenvalue weighted by Crippen LogP contribution is 2.39. The summed E-state index contributed by atoms with van der Waals surface area (Å²) in [6.07, 6.45) is 1.96. The van der Waals surface area contributed by atoms with Gasteiger partial charge in [0.1, 0.15) is 17.2 Å². The van der Waals surface area contributed by atoms with E-state index in [1.165, 1.54) is 6.07 Å². The Hall–Kier alpha value is -1.49. The van der Waals surface area contributed by atoms with E-state index in [9.17, 15) is 13.6 Å². The second-order valence-electron chi connectivity index (χ2n) is 4.95. The number of hydrogen-bond acceptors (Lipinski definition) is 2. The van der Waals surface area contributed by atoms with Gasteiger partial charge in [0.25, 0.3) is 5.91 Å². The van der Waals surface area contributed by atoms with E-state index in [0.29, 0.717) is 5.92 Å². The Bertz CT molecular complexity index is 454. The highest BCUT2D eigenvalue weighted by Gasteiger charge is 2.42. The lowest BCUT2D eigenvalue weighted by Crippen LogP contribution is -2.53. The predicted molar refractivity (Wildman–Crippen MR) is 64.0 cm³/mol. The first-order valence-corrected chi connectivity index (χ1v) is 5.94. The molecule has 0 bridgehead atoms. The van der Waals surface area contributed by atoms with E-state index in [4.69, 9.17) is 5.73 Å². The lowest BCUT2D eigenvalue weighted by molar-refractivity contribution is 0.0889. The topological polar surface area (TPSA) is 55.1 Å². The highest BCUT2D eigenvalue weighted by molar-refractivity contribution is 5.95. The minimum atomic E-state index is -0.859. The summed E-state index contributed by atoms with van der Waals surface area (Å²) in [6, 6.07) is 3.36. The van der Waals surface area contributed by atoms with Gasteiger partial charge in [0.15, 0.2) is 0 Å². The average Bonchev–Trinajstić information content (AvgIpc) is 3.12. The van der Waals surface area contributed by atoms with E-state index in [1.807, 2.05) is 0 Å². The van der Waals surface area contributed by atoms with Crippen LogP contribution < -0.4 is 11.1 Å². The summed E-state index contributed by atoms with van der Waals surface area (Å²) < 4.78 is 26.9. The Kier molecular flexibility index (Phi) is 3.34. The number of nitrogens with one attached hydrogen (secondary N) is 1. The third-order valence-electron chi connectivity index (χ3n) is 3.49. The zero-order chi connectivity index (χ0) is 13.3. The van der Waals surface area contributed by atoms with Crippen molar-refractivity contribution < 1.29 is 13.6 Å². The normalized spacial score (nSPS) is 18.2. The average molecular weight is 254 g/mol. The molecule has 1 aliphatic carbocycles. The molecule has 2 rings (SSSR count). The molecule has 3 nitrogen and oxygen atoms in total. The summed E-state index contributed by atoms with van der Waals surface area (Å²) in [5.74, 6) is -2.17.